The smallest absolute Gasteiger partial charge is 0.337 e. The van der Waals surface area contributed by atoms with E-state index in [1.807, 2.05) is 6.07 Å². The van der Waals surface area contributed by atoms with Crippen LogP contribution in [0.25, 0.3) is 0 Å². The van der Waals surface area contributed by atoms with Gasteiger partial charge in [0, 0.05) is 11.5 Å². The molecule has 160 valence electrons. The highest BCUT2D eigenvalue weighted by Gasteiger charge is 2.53. The van der Waals surface area contributed by atoms with Gasteiger partial charge in [0.25, 0.3) is 0 Å². The van der Waals surface area contributed by atoms with Crippen LogP contribution in [0.1, 0.15) is 43.2 Å². The lowest BCUT2D eigenvalue weighted by molar-refractivity contribution is -0.374. The van der Waals surface area contributed by atoms with Gasteiger partial charge in [0.15, 0.2) is 0 Å². The van der Waals surface area contributed by atoms with Crippen LogP contribution in [0.4, 0.5) is 0 Å². The maximum Gasteiger partial charge on any atom is 0.337 e. The molecule has 3 unspecified atom stereocenters. The van der Waals surface area contributed by atoms with E-state index < -0.39 is 0 Å². The lowest BCUT2D eigenvalue weighted by Gasteiger charge is -2.58. The molecule has 3 N–H and O–H groups in total. The molecule has 0 aromatic heterocycles. The first-order valence-corrected chi connectivity index (χ1v) is 11.1. The zero-order chi connectivity index (χ0) is 20.3. The number of rotatable bonds is 8. The Kier molecular flexibility index (Phi) is 6.54. The molecule has 1 heterocycles. The number of quaternary nitrogens is 1. The lowest BCUT2D eigenvalue weighted by Crippen LogP contribution is -2.59. The van der Waals surface area contributed by atoms with Gasteiger partial charge in [-0.1, -0.05) is 18.9 Å². The summed E-state index contributed by atoms with van der Waals surface area (Å²) < 4.78 is 16.3. The van der Waals surface area contributed by atoms with Gasteiger partial charge in [-0.15, -0.1) is 0 Å². The predicted octanol–water partition coefficient (Wildman–Crippen LogP) is 1.56. The van der Waals surface area contributed by atoms with Crippen molar-refractivity contribution in [2.24, 2.45) is 5.92 Å². The number of benzene rings is 1. The molecule has 0 amide bonds. The van der Waals surface area contributed by atoms with Crippen LogP contribution in [0.2, 0.25) is 0 Å². The minimum atomic E-state index is -0.350. The van der Waals surface area contributed by atoms with Crippen LogP contribution < -0.4 is 10.5 Å². The summed E-state index contributed by atoms with van der Waals surface area (Å²) in [6.07, 6.45) is 7.57. The molecule has 3 atom stereocenters. The Bertz CT molecular complexity index is 725. The van der Waals surface area contributed by atoms with E-state index in [0.29, 0.717) is 31.6 Å². The number of fused-ring (bicyclic) bond motifs is 1. The number of hydrogen-bond donors (Lipinski definition) is 1. The van der Waals surface area contributed by atoms with E-state index in [1.165, 1.54) is 43.2 Å². The highest BCUT2D eigenvalue weighted by Crippen LogP contribution is 2.55. The Morgan fingerprint density at radius 2 is 2.07 bits per heavy atom. The normalized spacial score (nSPS) is 28.5. The second-order valence-corrected chi connectivity index (χ2v) is 8.82. The van der Waals surface area contributed by atoms with E-state index in [0.717, 1.165) is 25.4 Å². The lowest BCUT2D eigenvalue weighted by atomic mass is 9.52. The molecule has 0 radical (unpaired) electrons. The van der Waals surface area contributed by atoms with Gasteiger partial charge in [-0.3, -0.25) is 0 Å². The number of piperidine rings is 1. The predicted molar refractivity (Wildman–Crippen MR) is 110 cm³/mol. The van der Waals surface area contributed by atoms with Crippen LogP contribution >= 0.6 is 0 Å². The number of carbonyl (C=O) groups excluding carboxylic acids is 1. The minimum Gasteiger partial charge on any atom is -0.425 e. The topological polar surface area (TPSA) is 75.6 Å². The maximum absolute atomic E-state index is 12.2. The highest BCUT2D eigenvalue weighted by molar-refractivity contribution is 5.73. The average Bonchev–Trinajstić information content (AvgIpc) is 2.73. The van der Waals surface area contributed by atoms with Crippen LogP contribution in [-0.2, 0) is 26.1 Å². The van der Waals surface area contributed by atoms with Gasteiger partial charge in [0.1, 0.15) is 12.4 Å². The molecule has 1 aromatic rings. The van der Waals surface area contributed by atoms with Crippen LogP contribution in [0, 0.1) is 5.92 Å². The van der Waals surface area contributed by atoms with Crippen LogP contribution in [0.5, 0.6) is 5.75 Å². The van der Waals surface area contributed by atoms with Crippen molar-refractivity contribution < 1.29 is 24.7 Å². The zero-order valence-corrected chi connectivity index (χ0v) is 17.7. The Morgan fingerprint density at radius 1 is 1.21 bits per heavy atom. The summed E-state index contributed by atoms with van der Waals surface area (Å²) in [4.78, 5) is 14.8. The summed E-state index contributed by atoms with van der Waals surface area (Å²) in [6, 6.07) is 6.95. The average molecular weight is 404 g/mol. The van der Waals surface area contributed by atoms with E-state index in [2.05, 4.69) is 29.8 Å². The summed E-state index contributed by atoms with van der Waals surface area (Å²) in [6.45, 7) is 3.32. The molecule has 1 saturated heterocycles. The fourth-order valence-electron chi connectivity index (χ4n) is 5.88. The Hall–Kier alpha value is -1.47. The standard InChI is InChI=1S/C23H34N2O4/c1-25-10-8-23-7-3-2-4-19(23)21(25)14-17-5-6-18(15-20(17)23)29-22(26)16-28-13-12-27-11-9-24/h5-6,15,19,21H,2-4,7-14,16,24H2,1H3/p+1. The van der Waals surface area contributed by atoms with Gasteiger partial charge in [0.2, 0.25) is 0 Å². The third-order valence-electron chi connectivity index (χ3n) is 7.20. The molecular weight excluding hydrogens is 368 g/mol. The van der Waals surface area contributed by atoms with Crippen LogP contribution in [0.3, 0.4) is 0 Å². The second-order valence-electron chi connectivity index (χ2n) is 8.82. The first-order valence-electron chi connectivity index (χ1n) is 11.1. The molecule has 3 aliphatic rings. The third kappa shape index (κ3) is 4.22. The summed E-state index contributed by atoms with van der Waals surface area (Å²) in [5.41, 5.74) is 6.87. The maximum atomic E-state index is 12.2. The molecule has 1 saturated carbocycles. The first kappa shape index (κ1) is 20.8. The Morgan fingerprint density at radius 3 is 2.93 bits per heavy atom. The summed E-state index contributed by atoms with van der Waals surface area (Å²) in [5, 5.41) is 0. The number of carbonyl (C=O) groups is 1. The number of nitrogens with zero attached hydrogens (tertiary/aromatic N) is 1. The van der Waals surface area contributed by atoms with Gasteiger partial charge in [-0.2, -0.15) is 0 Å². The van der Waals surface area contributed by atoms with Gasteiger partial charge in [-0.25, -0.2) is 4.79 Å². The zero-order valence-electron chi connectivity index (χ0n) is 17.7. The van der Waals surface area contributed by atoms with E-state index in [4.69, 9.17) is 14.2 Å². The van der Waals surface area contributed by atoms with Crippen molar-refractivity contribution in [3.63, 3.8) is 0 Å². The fourth-order valence-corrected chi connectivity index (χ4v) is 5.88. The number of likely N-dealkylation sites (tertiary alicyclic amines) is 1. The Labute approximate surface area is 173 Å². The van der Waals surface area contributed by atoms with Crippen molar-refractivity contribution >= 4 is 5.97 Å². The Balaban J connectivity index is 1.43. The molecule has 1 aromatic carbocycles. The summed E-state index contributed by atoms with van der Waals surface area (Å²) in [5.74, 6) is 1.04. The van der Waals surface area contributed by atoms with Crippen molar-refractivity contribution in [1.82, 2.24) is 4.90 Å². The molecule has 4 rings (SSSR count). The van der Waals surface area contributed by atoms with E-state index >= 15 is 0 Å². The molecule has 2 bridgehead atoms. The largest absolute Gasteiger partial charge is 0.425 e. The molecule has 2 aliphatic carbocycles. The van der Waals surface area contributed by atoms with Gasteiger partial charge in [0.05, 0.1) is 26.4 Å². The number of likely N-dealkylation sites (N-methyl/N-ethyl adjacent to an activating group) is 1. The van der Waals surface area contributed by atoms with Crippen molar-refractivity contribution in [2.75, 3.05) is 46.6 Å². The minimum absolute atomic E-state index is 0.0501. The van der Waals surface area contributed by atoms with Gasteiger partial charge in [-0.05, 0) is 68.5 Å². The monoisotopic (exact) mass is 403 g/mol. The quantitative estimate of drug-likeness (QED) is 0.405. The van der Waals surface area contributed by atoms with Crippen molar-refractivity contribution in [2.45, 2.75) is 50.0 Å². The number of hydrogen-bond acceptors (Lipinski definition) is 5. The summed E-state index contributed by atoms with van der Waals surface area (Å²) in [7, 11) is 2.29. The van der Waals surface area contributed by atoms with Crippen LogP contribution in [0.15, 0.2) is 18.2 Å². The van der Waals surface area contributed by atoms with E-state index in [1.54, 1.807) is 0 Å². The molecule has 0 spiro atoms. The molecule has 29 heavy (non-hydrogen) atoms. The fraction of sp³-hybridized carbons (Fsp3) is 0.696. The SMILES string of the molecule is CN1CCC23CCCCC2C1Cc1ccc(OC(=O)COCCOCC[NH3+])cc13. The number of esters is 1. The molecule has 6 heteroatoms. The van der Waals surface area contributed by atoms with Crippen molar-refractivity contribution in [3.05, 3.63) is 29.3 Å². The summed E-state index contributed by atoms with van der Waals surface area (Å²) >= 11 is 0. The molecule has 1 aliphatic heterocycles. The second kappa shape index (κ2) is 9.13. The van der Waals surface area contributed by atoms with Crippen molar-refractivity contribution in [1.29, 1.82) is 0 Å². The highest BCUT2D eigenvalue weighted by atomic mass is 16.6. The molecule has 2 fully saturated rings. The van der Waals surface area contributed by atoms with Crippen LogP contribution in [-0.4, -0.2) is 63.5 Å². The third-order valence-corrected chi connectivity index (χ3v) is 7.20. The molecule has 6 nitrogen and oxygen atoms in total. The van der Waals surface area contributed by atoms with Crippen molar-refractivity contribution in [3.8, 4) is 5.75 Å². The van der Waals surface area contributed by atoms with E-state index in [-0.39, 0.29) is 18.0 Å². The first-order chi connectivity index (χ1) is 14.1. The molecular formula is C23H35N2O4+. The number of ether oxygens (including phenoxy) is 3. The van der Waals surface area contributed by atoms with Gasteiger partial charge >= 0.3 is 5.97 Å². The van der Waals surface area contributed by atoms with E-state index in [9.17, 15) is 4.79 Å². The van der Waals surface area contributed by atoms with Gasteiger partial charge < -0.3 is 24.8 Å².